The summed E-state index contributed by atoms with van der Waals surface area (Å²) in [6.45, 7) is 6.90. The van der Waals surface area contributed by atoms with Crippen LogP contribution in [0.3, 0.4) is 0 Å². The van der Waals surface area contributed by atoms with Crippen LogP contribution in [0.4, 0.5) is 0 Å². The third-order valence-corrected chi connectivity index (χ3v) is 3.47. The molecule has 20 heavy (non-hydrogen) atoms. The van der Waals surface area contributed by atoms with Crippen molar-refractivity contribution in [1.29, 1.82) is 0 Å². The van der Waals surface area contributed by atoms with Crippen molar-refractivity contribution in [3.05, 3.63) is 34.9 Å². The molecule has 0 fully saturated rings. The number of amides is 1. The van der Waals surface area contributed by atoms with Crippen LogP contribution in [0.25, 0.3) is 0 Å². The Balaban J connectivity index is 2.53. The maximum Gasteiger partial charge on any atom is 0.224 e. The Morgan fingerprint density at radius 1 is 1.35 bits per heavy atom. The van der Waals surface area contributed by atoms with E-state index in [1.54, 1.807) is 11.9 Å². The highest BCUT2D eigenvalue weighted by molar-refractivity contribution is 6.31. The zero-order chi connectivity index (χ0) is 15.3. The van der Waals surface area contributed by atoms with Gasteiger partial charge in [-0.2, -0.15) is 0 Å². The van der Waals surface area contributed by atoms with Crippen LogP contribution >= 0.6 is 11.6 Å². The van der Waals surface area contributed by atoms with Crippen LogP contribution in [0.1, 0.15) is 39.2 Å². The van der Waals surface area contributed by atoms with Gasteiger partial charge < -0.3 is 10.6 Å². The summed E-state index contributed by atoms with van der Waals surface area (Å²) < 4.78 is 0. The molecule has 1 unspecified atom stereocenters. The van der Waals surface area contributed by atoms with Crippen molar-refractivity contribution >= 4 is 17.5 Å². The monoisotopic (exact) mass is 296 g/mol. The first-order valence-corrected chi connectivity index (χ1v) is 7.30. The van der Waals surface area contributed by atoms with E-state index in [2.05, 4.69) is 20.8 Å². The highest BCUT2D eigenvalue weighted by Crippen LogP contribution is 2.22. The van der Waals surface area contributed by atoms with Crippen molar-refractivity contribution < 1.29 is 4.79 Å². The fourth-order valence-corrected chi connectivity index (χ4v) is 2.40. The fraction of sp³-hybridized carbons (Fsp3) is 0.562. The number of benzene rings is 1. The summed E-state index contributed by atoms with van der Waals surface area (Å²) in [6.07, 6.45) is 1.21. The Hall–Kier alpha value is -1.06. The predicted octanol–water partition coefficient (Wildman–Crippen LogP) is 3.45. The van der Waals surface area contributed by atoms with Crippen LogP contribution in [0.5, 0.6) is 0 Å². The average molecular weight is 297 g/mol. The Morgan fingerprint density at radius 3 is 2.50 bits per heavy atom. The molecule has 4 heteroatoms. The summed E-state index contributed by atoms with van der Waals surface area (Å²) in [5.74, 6) is 0.0571. The van der Waals surface area contributed by atoms with Gasteiger partial charge in [-0.05, 0) is 23.5 Å². The molecular weight excluding hydrogens is 272 g/mol. The molecule has 1 aromatic carbocycles. The molecule has 0 bridgehead atoms. The zero-order valence-corrected chi connectivity index (χ0v) is 13.6. The van der Waals surface area contributed by atoms with Crippen LogP contribution in [0.15, 0.2) is 24.3 Å². The van der Waals surface area contributed by atoms with Crippen molar-refractivity contribution in [2.45, 2.75) is 46.2 Å². The summed E-state index contributed by atoms with van der Waals surface area (Å²) in [5.41, 5.74) is 7.14. The van der Waals surface area contributed by atoms with Crippen LogP contribution in [0.2, 0.25) is 5.02 Å². The van der Waals surface area contributed by atoms with Gasteiger partial charge in [-0.15, -0.1) is 0 Å². The molecule has 0 aliphatic heterocycles. The highest BCUT2D eigenvalue weighted by Gasteiger charge is 2.20. The maximum absolute atomic E-state index is 12.2. The Bertz CT molecular complexity index is 454. The Labute approximate surface area is 127 Å². The molecule has 0 saturated heterocycles. The van der Waals surface area contributed by atoms with E-state index in [0.29, 0.717) is 18.0 Å². The summed E-state index contributed by atoms with van der Waals surface area (Å²) in [4.78, 5) is 13.8. The lowest BCUT2D eigenvalue weighted by atomic mass is 9.87. The number of hydrogen-bond donors (Lipinski definition) is 1. The molecule has 0 radical (unpaired) electrons. The molecule has 0 aliphatic carbocycles. The van der Waals surface area contributed by atoms with Gasteiger partial charge in [0.2, 0.25) is 5.91 Å². The van der Waals surface area contributed by atoms with Crippen molar-refractivity contribution in [2.75, 3.05) is 7.05 Å². The van der Waals surface area contributed by atoms with Crippen molar-refractivity contribution in [1.82, 2.24) is 4.90 Å². The van der Waals surface area contributed by atoms with Gasteiger partial charge in [-0.3, -0.25) is 4.79 Å². The number of nitrogens with two attached hydrogens (primary N) is 1. The second-order valence-corrected chi connectivity index (χ2v) is 6.98. The molecule has 3 nitrogen and oxygen atoms in total. The van der Waals surface area contributed by atoms with E-state index in [1.807, 2.05) is 24.3 Å². The van der Waals surface area contributed by atoms with E-state index < -0.39 is 0 Å². The minimum absolute atomic E-state index is 0.0571. The van der Waals surface area contributed by atoms with E-state index in [0.717, 1.165) is 12.0 Å². The van der Waals surface area contributed by atoms with Crippen LogP contribution < -0.4 is 5.73 Å². The first kappa shape index (κ1) is 17.0. The fourth-order valence-electron chi connectivity index (χ4n) is 2.21. The number of halogens is 1. The Kier molecular flexibility index (Phi) is 6.03. The molecule has 0 aromatic heterocycles. The predicted molar refractivity (Wildman–Crippen MR) is 84.6 cm³/mol. The van der Waals surface area contributed by atoms with Crippen molar-refractivity contribution in [3.8, 4) is 0 Å². The molecule has 0 saturated carbocycles. The van der Waals surface area contributed by atoms with E-state index >= 15 is 0 Å². The van der Waals surface area contributed by atoms with Crippen LogP contribution in [0, 0.1) is 5.41 Å². The van der Waals surface area contributed by atoms with Gasteiger partial charge in [0.15, 0.2) is 0 Å². The van der Waals surface area contributed by atoms with Gasteiger partial charge in [0.25, 0.3) is 0 Å². The molecule has 1 atom stereocenters. The highest BCUT2D eigenvalue weighted by atomic mass is 35.5. The number of rotatable bonds is 5. The van der Waals surface area contributed by atoms with Crippen LogP contribution in [-0.2, 0) is 11.3 Å². The van der Waals surface area contributed by atoms with Crippen LogP contribution in [-0.4, -0.2) is 23.9 Å². The first-order valence-electron chi connectivity index (χ1n) is 6.92. The lowest BCUT2D eigenvalue weighted by Gasteiger charge is -2.25. The van der Waals surface area contributed by atoms with E-state index in [1.165, 1.54) is 0 Å². The lowest BCUT2D eigenvalue weighted by Crippen LogP contribution is -2.35. The topological polar surface area (TPSA) is 46.3 Å². The van der Waals surface area contributed by atoms with Crippen molar-refractivity contribution in [2.24, 2.45) is 11.1 Å². The molecule has 0 heterocycles. The minimum atomic E-state index is -0.101. The van der Waals surface area contributed by atoms with E-state index in [4.69, 9.17) is 17.3 Å². The van der Waals surface area contributed by atoms with Gasteiger partial charge in [0.1, 0.15) is 0 Å². The molecule has 1 rings (SSSR count). The molecule has 1 aromatic rings. The number of carbonyl (C=O) groups excluding carboxylic acids is 1. The minimum Gasteiger partial charge on any atom is -0.341 e. The molecule has 0 aliphatic rings. The van der Waals surface area contributed by atoms with E-state index in [-0.39, 0.29) is 17.4 Å². The standard InChI is InChI=1S/C16H25ClN2O/c1-16(2,3)10-13(18)9-15(20)19(4)11-12-7-5-6-8-14(12)17/h5-8,13H,9-11,18H2,1-4H3. The zero-order valence-electron chi connectivity index (χ0n) is 12.8. The number of hydrogen-bond acceptors (Lipinski definition) is 2. The Morgan fingerprint density at radius 2 is 1.95 bits per heavy atom. The SMILES string of the molecule is CN(Cc1ccccc1Cl)C(=O)CC(N)CC(C)(C)C. The third-order valence-electron chi connectivity index (χ3n) is 3.10. The van der Waals surface area contributed by atoms with E-state index in [9.17, 15) is 4.79 Å². The quantitative estimate of drug-likeness (QED) is 0.904. The number of carbonyl (C=O) groups is 1. The number of nitrogens with zero attached hydrogens (tertiary/aromatic N) is 1. The smallest absolute Gasteiger partial charge is 0.224 e. The largest absolute Gasteiger partial charge is 0.341 e. The average Bonchev–Trinajstić information content (AvgIpc) is 2.29. The third kappa shape index (κ3) is 5.93. The van der Waals surface area contributed by atoms with Gasteiger partial charge in [0, 0.05) is 31.1 Å². The second-order valence-electron chi connectivity index (χ2n) is 6.57. The molecule has 0 spiro atoms. The summed E-state index contributed by atoms with van der Waals surface area (Å²) >= 11 is 6.10. The van der Waals surface area contributed by atoms with Gasteiger partial charge >= 0.3 is 0 Å². The second kappa shape index (κ2) is 7.09. The van der Waals surface area contributed by atoms with Gasteiger partial charge in [-0.1, -0.05) is 50.6 Å². The molecular formula is C16H25ClN2O. The normalized spacial score (nSPS) is 13.1. The lowest BCUT2D eigenvalue weighted by molar-refractivity contribution is -0.130. The first-order chi connectivity index (χ1) is 9.19. The molecule has 1 amide bonds. The van der Waals surface area contributed by atoms with Gasteiger partial charge in [-0.25, -0.2) is 0 Å². The molecule has 2 N–H and O–H groups in total. The summed E-state index contributed by atoms with van der Waals surface area (Å²) in [7, 11) is 1.79. The summed E-state index contributed by atoms with van der Waals surface area (Å²) in [5, 5.41) is 0.686. The van der Waals surface area contributed by atoms with Crippen molar-refractivity contribution in [3.63, 3.8) is 0 Å². The maximum atomic E-state index is 12.2. The molecule has 112 valence electrons. The summed E-state index contributed by atoms with van der Waals surface area (Å²) in [6, 6.07) is 7.47. The van der Waals surface area contributed by atoms with Gasteiger partial charge in [0.05, 0.1) is 0 Å².